The third-order valence-corrected chi connectivity index (χ3v) is 2.66. The van der Waals surface area contributed by atoms with Crippen molar-refractivity contribution in [1.29, 1.82) is 0 Å². The van der Waals surface area contributed by atoms with E-state index in [9.17, 15) is 9.59 Å². The summed E-state index contributed by atoms with van der Waals surface area (Å²) in [5, 5.41) is 2.71. The Bertz CT molecular complexity index is 253. The van der Waals surface area contributed by atoms with Crippen molar-refractivity contribution in [3.8, 4) is 0 Å². The standard InChI is InChI=1S/C11H20N2O2/c1-7(2)13(8(3)4)11(15)9-5-6-10(14)12-9/h7-9H,5-6H2,1-4H3,(H,12,14)/t9-/m1/s1. The molecule has 2 amide bonds. The smallest absolute Gasteiger partial charge is 0.245 e. The van der Waals surface area contributed by atoms with Gasteiger partial charge in [-0.25, -0.2) is 0 Å². The minimum atomic E-state index is -0.303. The van der Waals surface area contributed by atoms with Gasteiger partial charge in [0.05, 0.1) is 0 Å². The summed E-state index contributed by atoms with van der Waals surface area (Å²) in [5.41, 5.74) is 0. The summed E-state index contributed by atoms with van der Waals surface area (Å²) in [4.78, 5) is 25.0. The number of amides is 2. The monoisotopic (exact) mass is 212 g/mol. The Balaban J connectivity index is 2.68. The molecule has 1 saturated heterocycles. The largest absolute Gasteiger partial charge is 0.344 e. The fraction of sp³-hybridized carbons (Fsp3) is 0.818. The van der Waals surface area contributed by atoms with Crippen molar-refractivity contribution in [2.75, 3.05) is 0 Å². The molecule has 15 heavy (non-hydrogen) atoms. The molecule has 4 heteroatoms. The summed E-state index contributed by atoms with van der Waals surface area (Å²) in [5.74, 6) is 0.0339. The second-order valence-corrected chi connectivity index (χ2v) is 4.59. The topological polar surface area (TPSA) is 49.4 Å². The van der Waals surface area contributed by atoms with Crippen LogP contribution >= 0.6 is 0 Å². The SMILES string of the molecule is CC(C)N(C(=O)[C@H]1CCC(=O)N1)C(C)C. The van der Waals surface area contributed by atoms with Crippen LogP contribution in [0, 0.1) is 0 Å². The van der Waals surface area contributed by atoms with Gasteiger partial charge in [-0.15, -0.1) is 0 Å². The molecular formula is C11H20N2O2. The number of nitrogens with zero attached hydrogens (tertiary/aromatic N) is 1. The van der Waals surface area contributed by atoms with E-state index < -0.39 is 0 Å². The van der Waals surface area contributed by atoms with E-state index in [1.54, 1.807) is 0 Å². The van der Waals surface area contributed by atoms with E-state index in [4.69, 9.17) is 0 Å². The summed E-state index contributed by atoms with van der Waals surface area (Å²) in [6.07, 6.45) is 1.11. The Kier molecular flexibility index (Phi) is 3.72. The Hall–Kier alpha value is -1.06. The highest BCUT2D eigenvalue weighted by Gasteiger charge is 2.32. The van der Waals surface area contributed by atoms with E-state index in [1.165, 1.54) is 0 Å². The first-order valence-electron chi connectivity index (χ1n) is 5.55. The molecule has 0 aromatic heterocycles. The van der Waals surface area contributed by atoms with Crippen molar-refractivity contribution in [3.05, 3.63) is 0 Å². The predicted molar refractivity (Wildman–Crippen MR) is 58.3 cm³/mol. The van der Waals surface area contributed by atoms with E-state index in [2.05, 4.69) is 5.32 Å². The first-order valence-corrected chi connectivity index (χ1v) is 5.55. The molecule has 0 saturated carbocycles. The summed E-state index contributed by atoms with van der Waals surface area (Å²) >= 11 is 0. The second kappa shape index (κ2) is 4.64. The number of hydrogen-bond acceptors (Lipinski definition) is 2. The molecule has 0 unspecified atom stereocenters. The van der Waals surface area contributed by atoms with Crippen LogP contribution in [0.2, 0.25) is 0 Å². The van der Waals surface area contributed by atoms with Crippen LogP contribution in [0.15, 0.2) is 0 Å². The van der Waals surface area contributed by atoms with Gasteiger partial charge in [0.2, 0.25) is 11.8 Å². The Morgan fingerprint density at radius 3 is 2.20 bits per heavy atom. The lowest BCUT2D eigenvalue weighted by atomic mass is 10.1. The second-order valence-electron chi connectivity index (χ2n) is 4.59. The Morgan fingerprint density at radius 2 is 1.87 bits per heavy atom. The van der Waals surface area contributed by atoms with Crippen molar-refractivity contribution in [2.24, 2.45) is 0 Å². The summed E-state index contributed by atoms with van der Waals surface area (Å²) in [7, 11) is 0. The lowest BCUT2D eigenvalue weighted by Crippen LogP contribution is -2.50. The van der Waals surface area contributed by atoms with Gasteiger partial charge in [-0.05, 0) is 34.1 Å². The Morgan fingerprint density at radius 1 is 1.33 bits per heavy atom. The molecule has 1 heterocycles. The normalized spacial score (nSPS) is 20.9. The van der Waals surface area contributed by atoms with Crippen molar-refractivity contribution in [2.45, 2.75) is 58.7 Å². The molecule has 0 aliphatic carbocycles. The summed E-state index contributed by atoms with van der Waals surface area (Å²) in [6.45, 7) is 7.98. The van der Waals surface area contributed by atoms with E-state index in [0.717, 1.165) is 0 Å². The van der Waals surface area contributed by atoms with E-state index in [0.29, 0.717) is 12.8 Å². The zero-order valence-corrected chi connectivity index (χ0v) is 9.91. The van der Waals surface area contributed by atoms with Crippen molar-refractivity contribution in [3.63, 3.8) is 0 Å². The molecule has 1 rings (SSSR count). The number of hydrogen-bond donors (Lipinski definition) is 1. The van der Waals surface area contributed by atoms with Crippen LogP contribution < -0.4 is 5.32 Å². The highest BCUT2D eigenvalue weighted by molar-refractivity contribution is 5.91. The van der Waals surface area contributed by atoms with Crippen LogP contribution in [0.1, 0.15) is 40.5 Å². The van der Waals surface area contributed by atoms with Crippen LogP contribution in [0.4, 0.5) is 0 Å². The quantitative estimate of drug-likeness (QED) is 0.756. The fourth-order valence-electron chi connectivity index (χ4n) is 2.08. The van der Waals surface area contributed by atoms with Gasteiger partial charge < -0.3 is 10.2 Å². The van der Waals surface area contributed by atoms with Crippen LogP contribution in [0.3, 0.4) is 0 Å². The van der Waals surface area contributed by atoms with Gasteiger partial charge in [-0.2, -0.15) is 0 Å². The van der Waals surface area contributed by atoms with Gasteiger partial charge in [-0.3, -0.25) is 9.59 Å². The first kappa shape index (κ1) is 12.0. The molecule has 1 aliphatic heterocycles. The van der Waals surface area contributed by atoms with Gasteiger partial charge >= 0.3 is 0 Å². The zero-order chi connectivity index (χ0) is 11.6. The molecule has 1 N–H and O–H groups in total. The van der Waals surface area contributed by atoms with Gasteiger partial charge in [0, 0.05) is 18.5 Å². The maximum Gasteiger partial charge on any atom is 0.245 e. The molecular weight excluding hydrogens is 192 g/mol. The zero-order valence-electron chi connectivity index (χ0n) is 9.91. The third-order valence-electron chi connectivity index (χ3n) is 2.66. The van der Waals surface area contributed by atoms with Gasteiger partial charge in [0.1, 0.15) is 6.04 Å². The molecule has 1 atom stereocenters. The highest BCUT2D eigenvalue weighted by atomic mass is 16.2. The van der Waals surface area contributed by atoms with Crippen molar-refractivity contribution >= 4 is 11.8 Å². The minimum Gasteiger partial charge on any atom is -0.344 e. The van der Waals surface area contributed by atoms with E-state index >= 15 is 0 Å². The molecule has 0 aromatic carbocycles. The first-order chi connectivity index (χ1) is 6.93. The summed E-state index contributed by atoms with van der Waals surface area (Å²) < 4.78 is 0. The predicted octanol–water partition coefficient (Wildman–Crippen LogP) is 0.910. The summed E-state index contributed by atoms with van der Waals surface area (Å²) in [6, 6.07) is 0.0484. The highest BCUT2D eigenvalue weighted by Crippen LogP contribution is 2.14. The molecule has 86 valence electrons. The average molecular weight is 212 g/mol. The van der Waals surface area contributed by atoms with Gasteiger partial charge in [0.15, 0.2) is 0 Å². The molecule has 0 aromatic rings. The molecule has 1 aliphatic rings. The van der Waals surface area contributed by atoms with Crippen LogP contribution in [0.5, 0.6) is 0 Å². The molecule has 1 fully saturated rings. The lowest BCUT2D eigenvalue weighted by Gasteiger charge is -2.32. The molecule has 4 nitrogen and oxygen atoms in total. The number of carbonyl (C=O) groups excluding carboxylic acids is 2. The van der Waals surface area contributed by atoms with Crippen LogP contribution in [-0.2, 0) is 9.59 Å². The average Bonchev–Trinajstić information content (AvgIpc) is 2.50. The Labute approximate surface area is 91.0 Å². The minimum absolute atomic E-state index is 0.0131. The third kappa shape index (κ3) is 2.70. The van der Waals surface area contributed by atoms with Gasteiger partial charge in [0.25, 0.3) is 0 Å². The number of carbonyl (C=O) groups is 2. The lowest BCUT2D eigenvalue weighted by molar-refractivity contribution is -0.137. The maximum absolute atomic E-state index is 12.1. The van der Waals surface area contributed by atoms with E-state index in [1.807, 2.05) is 32.6 Å². The number of rotatable bonds is 3. The van der Waals surface area contributed by atoms with E-state index in [-0.39, 0.29) is 29.9 Å². The molecule has 0 bridgehead atoms. The molecule has 0 radical (unpaired) electrons. The van der Waals surface area contributed by atoms with Crippen LogP contribution in [-0.4, -0.2) is 34.8 Å². The fourth-order valence-corrected chi connectivity index (χ4v) is 2.08. The maximum atomic E-state index is 12.1. The number of nitrogens with one attached hydrogen (secondary N) is 1. The van der Waals surface area contributed by atoms with Gasteiger partial charge in [-0.1, -0.05) is 0 Å². The van der Waals surface area contributed by atoms with Crippen LogP contribution in [0.25, 0.3) is 0 Å². The van der Waals surface area contributed by atoms with Crippen molar-refractivity contribution < 1.29 is 9.59 Å². The van der Waals surface area contributed by atoms with Crippen molar-refractivity contribution in [1.82, 2.24) is 10.2 Å². The molecule has 0 spiro atoms.